The van der Waals surface area contributed by atoms with E-state index in [1.807, 2.05) is 84.9 Å². The lowest BCUT2D eigenvalue weighted by Crippen LogP contribution is -2.14. The topological polar surface area (TPSA) is 157 Å². The number of aromatic amines is 2. The number of aromatic nitrogens is 6. The van der Waals surface area contributed by atoms with E-state index >= 15 is 0 Å². The second kappa shape index (κ2) is 23.4. The van der Waals surface area contributed by atoms with Crippen LogP contribution >= 0.6 is 0 Å². The quantitative estimate of drug-likeness (QED) is 0.169. The van der Waals surface area contributed by atoms with Crippen LogP contribution < -0.4 is 18.9 Å². The minimum Gasteiger partial charge on any atom is -0.491 e. The van der Waals surface area contributed by atoms with E-state index in [1.165, 1.54) is 0 Å². The molecule has 8 aromatic rings. The Balaban J connectivity index is 1.04. The lowest BCUT2D eigenvalue weighted by atomic mass is 10.0. The molecule has 3 aromatic carbocycles. The van der Waals surface area contributed by atoms with Crippen LogP contribution in [0.3, 0.4) is 0 Å². The Morgan fingerprint density at radius 3 is 1.07 bits per heavy atom. The van der Waals surface area contributed by atoms with Crippen LogP contribution in [-0.2, 0) is 18.9 Å². The molecule has 0 atom stereocenters. The van der Waals surface area contributed by atoms with Crippen LogP contribution in [0.4, 0.5) is 0 Å². The molecule has 0 spiro atoms. The summed E-state index contributed by atoms with van der Waals surface area (Å²) in [5.74, 6) is 2.84. The highest BCUT2D eigenvalue weighted by atomic mass is 16.6. The zero-order valence-electron chi connectivity index (χ0n) is 40.7. The molecule has 0 fully saturated rings. The van der Waals surface area contributed by atoms with Gasteiger partial charge in [0.1, 0.15) is 49.4 Å². The number of rotatable bonds is 2. The van der Waals surface area contributed by atoms with E-state index in [9.17, 15) is 0 Å². The number of hydrogen-bond acceptors (Lipinski definition) is 12. The van der Waals surface area contributed by atoms with Gasteiger partial charge in [-0.15, -0.1) is 0 Å². The lowest BCUT2D eigenvalue weighted by Gasteiger charge is -2.13. The van der Waals surface area contributed by atoms with Crippen LogP contribution in [0.5, 0.6) is 23.0 Å². The van der Waals surface area contributed by atoms with Crippen molar-refractivity contribution in [1.29, 1.82) is 0 Å². The molecular weight excluding hydrogens is 933 g/mol. The maximum Gasteiger partial charge on any atom is 0.127 e. The fraction of sp³-hybridized carbons (Fsp3) is 0.200. The van der Waals surface area contributed by atoms with Crippen molar-refractivity contribution in [3.8, 4) is 67.5 Å². The van der Waals surface area contributed by atoms with Crippen molar-refractivity contribution in [1.82, 2.24) is 29.9 Å². The van der Waals surface area contributed by atoms with Crippen molar-refractivity contribution in [2.24, 2.45) is 0 Å². The van der Waals surface area contributed by atoms with Gasteiger partial charge in [0.2, 0.25) is 0 Å². The van der Waals surface area contributed by atoms with Crippen molar-refractivity contribution < 1.29 is 37.9 Å². The number of benzene rings is 3. The zero-order chi connectivity index (χ0) is 49.7. The third kappa shape index (κ3) is 11.1. The van der Waals surface area contributed by atoms with Crippen LogP contribution in [-0.4, -0.2) is 109 Å². The van der Waals surface area contributed by atoms with Gasteiger partial charge in [0.05, 0.1) is 75.6 Å². The molecule has 14 rings (SSSR count). The third-order valence-corrected chi connectivity index (χ3v) is 12.5. The highest BCUT2D eigenvalue weighted by Gasteiger charge is 2.22. The first-order chi connectivity index (χ1) is 36.7. The number of pyridine rings is 2. The van der Waals surface area contributed by atoms with E-state index < -0.39 is 0 Å². The van der Waals surface area contributed by atoms with E-state index in [-0.39, 0.29) is 0 Å². The van der Waals surface area contributed by atoms with Crippen molar-refractivity contribution in [2.45, 2.75) is 0 Å². The minimum absolute atomic E-state index is 0.313. The monoisotopic (exact) mass is 986 g/mol. The standard InChI is InChI=1S/C60H54N6O8/c1-3-7-55-45(5-1)59-51-17-13-47(63-51)57(41-21-25-61-26-22-41)49-15-19-53(65-49)60(54-20-16-50(66-54)58(42-23-27-62-28-24-42)48-14-18-52(59)64-48)46-6-2-4-8-56(46)74-40-36-70-32-30-68-34-38-72-44-11-9-43(10-12-44)71-37-33-67-29-31-69-35-39-73-55/h1-28,63-64H,29-40H2. The maximum absolute atomic E-state index is 6.55. The van der Waals surface area contributed by atoms with Gasteiger partial charge >= 0.3 is 0 Å². The first-order valence-electron chi connectivity index (χ1n) is 24.8. The van der Waals surface area contributed by atoms with E-state index in [0.29, 0.717) is 90.8 Å². The van der Waals surface area contributed by atoms with Gasteiger partial charge in [0.25, 0.3) is 0 Å². The van der Waals surface area contributed by atoms with E-state index in [1.54, 1.807) is 24.8 Å². The van der Waals surface area contributed by atoms with Crippen LogP contribution in [0.1, 0.15) is 22.8 Å². The molecule has 0 saturated heterocycles. The van der Waals surface area contributed by atoms with Crippen LogP contribution in [0.2, 0.25) is 0 Å². The zero-order valence-corrected chi connectivity index (χ0v) is 40.7. The van der Waals surface area contributed by atoms with Gasteiger partial charge in [-0.25, -0.2) is 9.97 Å². The molecule has 6 aliphatic rings. The Hall–Kier alpha value is -8.40. The molecule has 12 bridgehead atoms. The summed E-state index contributed by atoms with van der Waals surface area (Å²) in [4.78, 5) is 27.3. The Morgan fingerprint density at radius 1 is 0.311 bits per heavy atom. The van der Waals surface area contributed by atoms with E-state index in [2.05, 4.69) is 80.6 Å². The second-order valence-electron chi connectivity index (χ2n) is 17.3. The largest absolute Gasteiger partial charge is 0.491 e. The highest BCUT2D eigenvalue weighted by molar-refractivity contribution is 6.01. The van der Waals surface area contributed by atoms with Gasteiger partial charge in [0.15, 0.2) is 0 Å². The molecule has 5 aromatic heterocycles. The number of H-pyrrole nitrogens is 2. The lowest BCUT2D eigenvalue weighted by molar-refractivity contribution is 0.0271. The predicted molar refractivity (Wildman–Crippen MR) is 288 cm³/mol. The molecule has 11 heterocycles. The fourth-order valence-electron chi connectivity index (χ4n) is 9.15. The molecule has 0 radical (unpaired) electrons. The average molecular weight is 987 g/mol. The number of para-hydroxylation sites is 2. The van der Waals surface area contributed by atoms with Crippen LogP contribution in [0.25, 0.3) is 90.9 Å². The normalized spacial score (nSPS) is 15.0. The molecule has 2 N–H and O–H groups in total. The molecule has 0 unspecified atom stereocenters. The first kappa shape index (κ1) is 47.9. The second-order valence-corrected chi connectivity index (χ2v) is 17.3. The molecule has 14 heteroatoms. The summed E-state index contributed by atoms with van der Waals surface area (Å²) in [6.45, 7) is 4.67. The Labute approximate surface area is 428 Å². The van der Waals surface area contributed by atoms with Crippen LogP contribution in [0.15, 0.2) is 146 Å². The summed E-state index contributed by atoms with van der Waals surface area (Å²) >= 11 is 0. The summed E-state index contributed by atoms with van der Waals surface area (Å²) in [5.41, 5.74) is 13.6. The smallest absolute Gasteiger partial charge is 0.127 e. The third-order valence-electron chi connectivity index (χ3n) is 12.5. The van der Waals surface area contributed by atoms with Crippen molar-refractivity contribution in [3.05, 3.63) is 169 Å². The summed E-state index contributed by atoms with van der Waals surface area (Å²) in [6, 6.07) is 40.1. The molecule has 14 nitrogen and oxygen atoms in total. The van der Waals surface area contributed by atoms with Crippen LogP contribution in [0, 0.1) is 0 Å². The molecule has 0 aliphatic carbocycles. The van der Waals surface area contributed by atoms with E-state index in [4.69, 9.17) is 47.9 Å². The molecule has 74 heavy (non-hydrogen) atoms. The average Bonchev–Trinajstić information content (AvgIpc) is 4.30. The Bertz CT molecular complexity index is 3290. The molecular formula is C60H54N6O8. The Kier molecular flexibility index (Phi) is 15.2. The van der Waals surface area contributed by atoms with Gasteiger partial charge in [0, 0.05) is 80.2 Å². The number of nitrogens with one attached hydrogen (secondary N) is 2. The van der Waals surface area contributed by atoms with Gasteiger partial charge in [-0.1, -0.05) is 36.4 Å². The van der Waals surface area contributed by atoms with Gasteiger partial charge in [-0.3, -0.25) is 9.97 Å². The molecule has 0 saturated carbocycles. The highest BCUT2D eigenvalue weighted by Crippen LogP contribution is 2.41. The van der Waals surface area contributed by atoms with Gasteiger partial charge in [-0.05, 0) is 120 Å². The van der Waals surface area contributed by atoms with Crippen molar-refractivity contribution in [3.63, 3.8) is 0 Å². The summed E-state index contributed by atoms with van der Waals surface area (Å²) in [7, 11) is 0. The van der Waals surface area contributed by atoms with Crippen molar-refractivity contribution >= 4 is 46.4 Å². The minimum atomic E-state index is 0.313. The summed E-state index contributed by atoms with van der Waals surface area (Å²) < 4.78 is 48.3. The molecule has 6 aliphatic heterocycles. The van der Waals surface area contributed by atoms with E-state index in [0.717, 1.165) is 101 Å². The maximum atomic E-state index is 6.55. The van der Waals surface area contributed by atoms with Gasteiger partial charge in [-0.2, -0.15) is 0 Å². The Morgan fingerprint density at radius 2 is 0.649 bits per heavy atom. The first-order valence-corrected chi connectivity index (χ1v) is 24.8. The summed E-state index contributed by atoms with van der Waals surface area (Å²) in [5, 5.41) is 0. The number of hydrogen-bond donors (Lipinski definition) is 2. The SMILES string of the molecule is C1=Cc2nc1c1c3nc(c(-c4ccncc4)c4ccc([nH]4)c(c4ccc([nH]4)c2-c2ccncc2)-c2ccccc2OCCOCCOCCOc2ccc(cc2)OCCOCCOCCOc2ccccc2-1)C=C3. The predicted octanol–water partition coefficient (Wildman–Crippen LogP) is 11.4. The summed E-state index contributed by atoms with van der Waals surface area (Å²) in [6.07, 6.45) is 15.4. The molecule has 372 valence electrons. The molecule has 0 amide bonds. The fourth-order valence-corrected chi connectivity index (χ4v) is 9.15. The van der Waals surface area contributed by atoms with Crippen molar-refractivity contribution in [2.75, 3.05) is 79.3 Å². The number of nitrogens with zero attached hydrogens (tertiary/aromatic N) is 4. The van der Waals surface area contributed by atoms with Gasteiger partial charge < -0.3 is 47.9 Å². The number of ether oxygens (including phenoxy) is 8.